The van der Waals surface area contributed by atoms with Gasteiger partial charge in [-0.2, -0.15) is 0 Å². The van der Waals surface area contributed by atoms with Gasteiger partial charge in [0.2, 0.25) is 0 Å². The molecule has 0 heterocycles. The number of hydrogen-bond donors (Lipinski definition) is 0. The Labute approximate surface area is 135 Å². The minimum absolute atomic E-state index is 0.269. The van der Waals surface area contributed by atoms with Crippen molar-refractivity contribution in [3.8, 4) is 0 Å². The van der Waals surface area contributed by atoms with E-state index < -0.39 is 0 Å². The van der Waals surface area contributed by atoms with E-state index in [0.29, 0.717) is 11.6 Å². The summed E-state index contributed by atoms with van der Waals surface area (Å²) in [7, 11) is 1.43. The Morgan fingerprint density at radius 1 is 1.33 bits per heavy atom. The average Bonchev–Trinajstić information content (AvgIpc) is 2.51. The van der Waals surface area contributed by atoms with Crippen molar-refractivity contribution < 1.29 is 9.53 Å². The van der Waals surface area contributed by atoms with Crippen LogP contribution < -0.4 is 4.90 Å². The Morgan fingerprint density at radius 2 is 2.00 bits per heavy atom. The lowest BCUT2D eigenvalue weighted by Gasteiger charge is -2.36. The Morgan fingerprint density at radius 3 is 2.57 bits per heavy atom. The number of rotatable bonds is 4. The summed E-state index contributed by atoms with van der Waals surface area (Å²) in [6.45, 7) is 5.16. The number of carbonyl (C=O) groups is 1. The van der Waals surface area contributed by atoms with Crippen LogP contribution in [0.25, 0.3) is 0 Å². The van der Waals surface area contributed by atoms with Gasteiger partial charge in [0.25, 0.3) is 0 Å². The van der Waals surface area contributed by atoms with E-state index in [4.69, 9.17) is 4.74 Å². The second-order valence-electron chi connectivity index (χ2n) is 5.67. The van der Waals surface area contributed by atoms with Gasteiger partial charge in [0, 0.05) is 22.7 Å². The summed E-state index contributed by atoms with van der Waals surface area (Å²) >= 11 is 3.53. The molecule has 1 fully saturated rings. The fourth-order valence-electron chi connectivity index (χ4n) is 3.30. The highest BCUT2D eigenvalue weighted by atomic mass is 79.9. The molecule has 1 aromatic rings. The molecule has 0 aliphatic heterocycles. The first-order chi connectivity index (χ1) is 10.1. The van der Waals surface area contributed by atoms with E-state index >= 15 is 0 Å². The van der Waals surface area contributed by atoms with Crippen molar-refractivity contribution in [3.63, 3.8) is 0 Å². The SMILES string of the molecule is CCN(c1cc(Br)cc(C(=O)OC)c1C)C1CCCCC1. The topological polar surface area (TPSA) is 29.5 Å². The third-order valence-electron chi connectivity index (χ3n) is 4.42. The number of carbonyl (C=O) groups excluding carboxylic acids is 1. The van der Waals surface area contributed by atoms with E-state index in [-0.39, 0.29) is 5.97 Å². The predicted molar refractivity (Wildman–Crippen MR) is 90.1 cm³/mol. The molecular formula is C17H24BrNO2. The molecule has 0 atom stereocenters. The largest absolute Gasteiger partial charge is 0.465 e. The van der Waals surface area contributed by atoms with Crippen molar-refractivity contribution in [1.82, 2.24) is 0 Å². The van der Waals surface area contributed by atoms with Gasteiger partial charge in [0.1, 0.15) is 0 Å². The fourth-order valence-corrected chi connectivity index (χ4v) is 3.75. The number of nitrogens with zero attached hydrogens (tertiary/aromatic N) is 1. The van der Waals surface area contributed by atoms with Gasteiger partial charge in [-0.15, -0.1) is 0 Å². The number of esters is 1. The molecule has 116 valence electrons. The van der Waals surface area contributed by atoms with E-state index in [9.17, 15) is 4.79 Å². The molecule has 0 spiro atoms. The molecule has 1 saturated carbocycles. The van der Waals surface area contributed by atoms with Gasteiger partial charge in [-0.25, -0.2) is 4.79 Å². The molecule has 1 aromatic carbocycles. The summed E-state index contributed by atoms with van der Waals surface area (Å²) in [6.07, 6.45) is 6.44. The maximum atomic E-state index is 12.0. The first-order valence-corrected chi connectivity index (χ1v) is 8.52. The third-order valence-corrected chi connectivity index (χ3v) is 4.87. The lowest BCUT2D eigenvalue weighted by atomic mass is 9.93. The molecule has 0 amide bonds. The molecule has 2 rings (SSSR count). The van der Waals surface area contributed by atoms with Crippen molar-refractivity contribution in [2.45, 2.75) is 52.0 Å². The summed E-state index contributed by atoms with van der Waals surface area (Å²) in [6, 6.07) is 4.56. The van der Waals surface area contributed by atoms with Gasteiger partial charge >= 0.3 is 5.97 Å². The molecule has 21 heavy (non-hydrogen) atoms. The summed E-state index contributed by atoms with van der Waals surface area (Å²) in [5.41, 5.74) is 2.81. The van der Waals surface area contributed by atoms with Crippen molar-refractivity contribution in [3.05, 3.63) is 27.7 Å². The summed E-state index contributed by atoms with van der Waals surface area (Å²) in [5.74, 6) is -0.269. The smallest absolute Gasteiger partial charge is 0.338 e. The van der Waals surface area contributed by atoms with Crippen molar-refractivity contribution in [2.75, 3.05) is 18.6 Å². The molecule has 1 aliphatic carbocycles. The molecule has 0 aromatic heterocycles. The van der Waals surface area contributed by atoms with E-state index in [1.165, 1.54) is 39.2 Å². The van der Waals surface area contributed by atoms with E-state index in [1.807, 2.05) is 13.0 Å². The van der Waals surface area contributed by atoms with Crippen molar-refractivity contribution in [2.24, 2.45) is 0 Å². The maximum absolute atomic E-state index is 12.0. The van der Waals surface area contributed by atoms with Crippen LogP contribution in [0, 0.1) is 6.92 Å². The zero-order chi connectivity index (χ0) is 15.4. The van der Waals surface area contributed by atoms with E-state index in [1.54, 1.807) is 0 Å². The van der Waals surface area contributed by atoms with Crippen LogP contribution >= 0.6 is 15.9 Å². The Bertz CT molecular complexity index is 510. The van der Waals surface area contributed by atoms with Gasteiger partial charge < -0.3 is 9.64 Å². The number of ether oxygens (including phenoxy) is 1. The highest BCUT2D eigenvalue weighted by Gasteiger charge is 2.24. The van der Waals surface area contributed by atoms with Crippen LogP contribution in [0.4, 0.5) is 5.69 Å². The second-order valence-corrected chi connectivity index (χ2v) is 6.58. The Balaban J connectivity index is 2.40. The number of benzene rings is 1. The van der Waals surface area contributed by atoms with Crippen LogP contribution in [0.5, 0.6) is 0 Å². The summed E-state index contributed by atoms with van der Waals surface area (Å²) < 4.78 is 5.84. The van der Waals surface area contributed by atoms with Crippen LogP contribution in [-0.2, 0) is 4.74 Å². The van der Waals surface area contributed by atoms with Crippen LogP contribution in [0.2, 0.25) is 0 Å². The highest BCUT2D eigenvalue weighted by molar-refractivity contribution is 9.10. The zero-order valence-corrected chi connectivity index (χ0v) is 14.7. The molecule has 3 nitrogen and oxygen atoms in total. The quantitative estimate of drug-likeness (QED) is 0.734. The number of anilines is 1. The van der Waals surface area contributed by atoms with E-state index in [0.717, 1.165) is 22.3 Å². The first-order valence-electron chi connectivity index (χ1n) is 7.73. The van der Waals surface area contributed by atoms with Crippen molar-refractivity contribution in [1.29, 1.82) is 0 Å². The molecule has 1 aliphatic rings. The normalized spacial score (nSPS) is 15.8. The van der Waals surface area contributed by atoms with Gasteiger partial charge in [-0.3, -0.25) is 0 Å². The first kappa shape index (κ1) is 16.3. The monoisotopic (exact) mass is 353 g/mol. The second kappa shape index (κ2) is 7.30. The lowest BCUT2D eigenvalue weighted by molar-refractivity contribution is 0.0600. The summed E-state index contributed by atoms with van der Waals surface area (Å²) in [5, 5.41) is 0. The Kier molecular flexibility index (Phi) is 5.68. The molecule has 0 N–H and O–H groups in total. The number of hydrogen-bond acceptors (Lipinski definition) is 3. The van der Waals surface area contributed by atoms with Crippen molar-refractivity contribution >= 4 is 27.6 Å². The number of methoxy groups -OCH3 is 1. The summed E-state index contributed by atoms with van der Waals surface area (Å²) in [4.78, 5) is 14.4. The minimum Gasteiger partial charge on any atom is -0.465 e. The average molecular weight is 354 g/mol. The molecule has 4 heteroatoms. The van der Waals surface area contributed by atoms with Gasteiger partial charge in [-0.05, 0) is 44.4 Å². The predicted octanol–water partition coefficient (Wildman–Crippen LogP) is 4.70. The standard InChI is InChI=1S/C17H24BrNO2/c1-4-19(14-8-6-5-7-9-14)16-11-13(18)10-15(12(16)2)17(20)21-3/h10-11,14H,4-9H2,1-3H3. The molecular weight excluding hydrogens is 330 g/mol. The minimum atomic E-state index is -0.269. The molecule has 0 radical (unpaired) electrons. The highest BCUT2D eigenvalue weighted by Crippen LogP contribution is 2.33. The van der Waals surface area contributed by atoms with Crippen LogP contribution in [0.1, 0.15) is 54.9 Å². The molecule has 0 saturated heterocycles. The van der Waals surface area contributed by atoms with Gasteiger partial charge in [0.05, 0.1) is 12.7 Å². The fraction of sp³-hybridized carbons (Fsp3) is 0.588. The maximum Gasteiger partial charge on any atom is 0.338 e. The lowest BCUT2D eigenvalue weighted by Crippen LogP contribution is -2.37. The van der Waals surface area contributed by atoms with E-state index in [2.05, 4.69) is 33.8 Å². The van der Waals surface area contributed by atoms with Gasteiger partial charge in [0.15, 0.2) is 0 Å². The van der Waals surface area contributed by atoms with Crippen LogP contribution in [0.3, 0.4) is 0 Å². The van der Waals surface area contributed by atoms with Crippen LogP contribution in [-0.4, -0.2) is 25.7 Å². The Hall–Kier alpha value is -1.03. The third kappa shape index (κ3) is 3.60. The number of halogens is 1. The molecule has 0 unspecified atom stereocenters. The zero-order valence-electron chi connectivity index (χ0n) is 13.1. The molecule has 0 bridgehead atoms. The van der Waals surface area contributed by atoms with Crippen LogP contribution in [0.15, 0.2) is 16.6 Å². The van der Waals surface area contributed by atoms with Gasteiger partial charge in [-0.1, -0.05) is 35.2 Å².